The van der Waals surface area contributed by atoms with Crippen LogP contribution in [0.3, 0.4) is 0 Å². The molecule has 0 aromatic heterocycles. The minimum atomic E-state index is -6.75. The lowest BCUT2D eigenvalue weighted by atomic mass is 10.1. The predicted octanol–water partition coefficient (Wildman–Crippen LogP) is 3.71. The van der Waals surface area contributed by atoms with Gasteiger partial charge in [-0.3, -0.25) is 0 Å². The van der Waals surface area contributed by atoms with Crippen LogP contribution in [0.2, 0.25) is 0 Å². The van der Waals surface area contributed by atoms with E-state index in [-0.39, 0.29) is 17.1 Å². The average Bonchev–Trinajstić information content (AvgIpc) is 2.36. The van der Waals surface area contributed by atoms with Crippen LogP contribution in [0.15, 0.2) is 0 Å². The van der Waals surface area contributed by atoms with Crippen molar-refractivity contribution in [2.24, 2.45) is 0 Å². The van der Waals surface area contributed by atoms with E-state index < -0.39 is 46.6 Å². The third-order valence-corrected chi connectivity index (χ3v) is 5.49. The minimum Gasteiger partial charge on any atom is -0.206 e. The molecule has 12 heteroatoms. The zero-order valence-corrected chi connectivity index (χ0v) is 12.5. The first-order chi connectivity index (χ1) is 10.3. The van der Waals surface area contributed by atoms with Gasteiger partial charge in [0, 0.05) is 13.1 Å². The monoisotopic (exact) mass is 377 g/mol. The van der Waals surface area contributed by atoms with Crippen molar-refractivity contribution in [2.75, 3.05) is 13.1 Å². The Hall–Kier alpha value is -0.650. The molecular weight excluding hydrogens is 362 g/mol. The summed E-state index contributed by atoms with van der Waals surface area (Å²) in [4.78, 5) is 0. The highest BCUT2D eigenvalue weighted by molar-refractivity contribution is 7.90. The molecule has 0 atom stereocenters. The molecule has 0 unspecified atom stereocenters. The Balaban J connectivity index is 3.22. The Bertz CT molecular complexity index is 500. The minimum absolute atomic E-state index is 0.0262. The van der Waals surface area contributed by atoms with Crippen LogP contribution in [-0.2, 0) is 10.0 Å². The van der Waals surface area contributed by atoms with Crippen molar-refractivity contribution in [3.05, 3.63) is 0 Å². The van der Waals surface area contributed by atoms with E-state index in [1.165, 1.54) is 0 Å². The molecule has 0 aromatic rings. The molecule has 1 heterocycles. The van der Waals surface area contributed by atoms with E-state index in [1.807, 2.05) is 0 Å². The van der Waals surface area contributed by atoms with Crippen LogP contribution >= 0.6 is 0 Å². The maximum atomic E-state index is 13.7. The van der Waals surface area contributed by atoms with E-state index in [0.717, 1.165) is 0 Å². The highest BCUT2D eigenvalue weighted by Gasteiger charge is 2.80. The standard InChI is InChI=1S/C11H15F8NO2S/c12-8(13)9(14,15)10(16,17)11(18,19)23(21,22)20-6-4-2-1-3-5-7-20/h8H,1-7H2. The van der Waals surface area contributed by atoms with Gasteiger partial charge in [-0.05, 0) is 12.8 Å². The second kappa shape index (κ2) is 6.69. The normalized spacial score (nSPS) is 20.4. The van der Waals surface area contributed by atoms with Gasteiger partial charge in [0.05, 0.1) is 0 Å². The van der Waals surface area contributed by atoms with Crippen molar-refractivity contribution in [2.45, 2.75) is 55.6 Å². The van der Waals surface area contributed by atoms with Gasteiger partial charge in [-0.15, -0.1) is 0 Å². The van der Waals surface area contributed by atoms with E-state index in [1.54, 1.807) is 0 Å². The molecule has 1 aliphatic rings. The number of hydrogen-bond donors (Lipinski definition) is 0. The Kier molecular flexibility index (Phi) is 5.93. The zero-order chi connectivity index (χ0) is 18.1. The average molecular weight is 377 g/mol. The predicted molar refractivity (Wildman–Crippen MR) is 64.4 cm³/mol. The number of rotatable bonds is 5. The smallest absolute Gasteiger partial charge is 0.206 e. The van der Waals surface area contributed by atoms with Gasteiger partial charge in [0.2, 0.25) is 0 Å². The fraction of sp³-hybridized carbons (Fsp3) is 1.00. The van der Waals surface area contributed by atoms with Gasteiger partial charge in [0.1, 0.15) is 0 Å². The Morgan fingerprint density at radius 3 is 1.57 bits per heavy atom. The van der Waals surface area contributed by atoms with Crippen molar-refractivity contribution >= 4 is 10.0 Å². The highest BCUT2D eigenvalue weighted by atomic mass is 32.2. The van der Waals surface area contributed by atoms with Gasteiger partial charge in [0.25, 0.3) is 10.0 Å². The van der Waals surface area contributed by atoms with Crippen LogP contribution < -0.4 is 0 Å². The number of sulfonamides is 1. The van der Waals surface area contributed by atoms with E-state index in [0.29, 0.717) is 19.3 Å². The first-order valence-corrected chi connectivity index (χ1v) is 8.15. The quantitative estimate of drug-likeness (QED) is 0.685. The third kappa shape index (κ3) is 3.42. The van der Waals surface area contributed by atoms with E-state index in [4.69, 9.17) is 0 Å². The van der Waals surface area contributed by atoms with E-state index in [2.05, 4.69) is 0 Å². The molecule has 138 valence electrons. The zero-order valence-electron chi connectivity index (χ0n) is 11.7. The molecular formula is C11H15F8NO2S. The Morgan fingerprint density at radius 2 is 1.17 bits per heavy atom. The summed E-state index contributed by atoms with van der Waals surface area (Å²) in [6, 6.07) is 0. The lowest BCUT2D eigenvalue weighted by molar-refractivity contribution is -0.315. The molecule has 1 saturated heterocycles. The van der Waals surface area contributed by atoms with Crippen molar-refractivity contribution in [3.63, 3.8) is 0 Å². The van der Waals surface area contributed by atoms with Gasteiger partial charge in [-0.1, -0.05) is 19.3 Å². The third-order valence-electron chi connectivity index (χ3n) is 3.54. The Labute approximate surface area is 127 Å². The van der Waals surface area contributed by atoms with Crippen molar-refractivity contribution in [1.82, 2.24) is 4.31 Å². The molecule has 0 amide bonds. The van der Waals surface area contributed by atoms with Gasteiger partial charge in [-0.25, -0.2) is 17.2 Å². The summed E-state index contributed by atoms with van der Waals surface area (Å²) in [5.41, 5.74) is 0. The molecule has 0 saturated carbocycles. The second-order valence-corrected chi connectivity index (χ2v) is 7.17. The molecule has 0 aliphatic carbocycles. The lowest BCUT2D eigenvalue weighted by Crippen LogP contribution is -2.63. The van der Waals surface area contributed by atoms with E-state index in [9.17, 15) is 43.5 Å². The largest absolute Gasteiger partial charge is 0.427 e. The van der Waals surface area contributed by atoms with Crippen molar-refractivity contribution in [3.8, 4) is 0 Å². The molecule has 3 nitrogen and oxygen atoms in total. The summed E-state index contributed by atoms with van der Waals surface area (Å²) in [5.74, 6) is -13.2. The molecule has 1 aliphatic heterocycles. The summed E-state index contributed by atoms with van der Waals surface area (Å²) in [7, 11) is -6.24. The first kappa shape index (κ1) is 20.4. The summed E-state index contributed by atoms with van der Waals surface area (Å²) < 4.78 is 127. The number of alkyl halides is 8. The lowest BCUT2D eigenvalue weighted by Gasteiger charge is -2.35. The van der Waals surface area contributed by atoms with Crippen LogP contribution in [0.1, 0.15) is 32.1 Å². The fourth-order valence-electron chi connectivity index (χ4n) is 2.11. The fourth-order valence-corrected chi connectivity index (χ4v) is 3.64. The maximum Gasteiger partial charge on any atom is 0.427 e. The van der Waals surface area contributed by atoms with Crippen LogP contribution in [0, 0.1) is 0 Å². The van der Waals surface area contributed by atoms with Crippen molar-refractivity contribution in [1.29, 1.82) is 0 Å². The van der Waals surface area contributed by atoms with Crippen molar-refractivity contribution < 1.29 is 43.5 Å². The molecule has 0 N–H and O–H groups in total. The summed E-state index contributed by atoms with van der Waals surface area (Å²) in [6.07, 6.45) is -3.42. The maximum absolute atomic E-state index is 13.7. The van der Waals surface area contributed by atoms with Gasteiger partial charge >= 0.3 is 23.5 Å². The van der Waals surface area contributed by atoms with Gasteiger partial charge in [-0.2, -0.15) is 30.6 Å². The SMILES string of the molecule is O=S(=O)(N1CCCCCCC1)C(F)(F)C(F)(F)C(F)(F)C(F)F. The number of nitrogens with zero attached hydrogens (tertiary/aromatic N) is 1. The first-order valence-electron chi connectivity index (χ1n) is 6.71. The summed E-state index contributed by atoms with van der Waals surface area (Å²) in [6.45, 7) is -1.12. The van der Waals surface area contributed by atoms with Crippen LogP contribution in [0.25, 0.3) is 0 Å². The molecule has 0 radical (unpaired) electrons. The van der Waals surface area contributed by atoms with Gasteiger partial charge in [0.15, 0.2) is 0 Å². The molecule has 1 fully saturated rings. The number of halogens is 8. The van der Waals surface area contributed by atoms with E-state index >= 15 is 0 Å². The summed E-state index contributed by atoms with van der Waals surface area (Å²) >= 11 is 0. The highest BCUT2D eigenvalue weighted by Crippen LogP contribution is 2.51. The molecule has 0 bridgehead atoms. The number of hydrogen-bond acceptors (Lipinski definition) is 2. The van der Waals surface area contributed by atoms with Gasteiger partial charge < -0.3 is 0 Å². The molecule has 0 spiro atoms. The Morgan fingerprint density at radius 1 is 0.783 bits per heavy atom. The van der Waals surface area contributed by atoms with Crippen LogP contribution in [0.4, 0.5) is 35.1 Å². The van der Waals surface area contributed by atoms with Crippen LogP contribution in [0.5, 0.6) is 0 Å². The molecule has 23 heavy (non-hydrogen) atoms. The van der Waals surface area contributed by atoms with Crippen LogP contribution in [-0.4, -0.2) is 49.3 Å². The molecule has 0 aromatic carbocycles. The molecule has 1 rings (SSSR count). The topological polar surface area (TPSA) is 37.4 Å². The summed E-state index contributed by atoms with van der Waals surface area (Å²) in [5, 5.41) is -6.36. The second-order valence-electron chi connectivity index (χ2n) is 5.19.